The molecule has 1 heterocycles. The molecule has 116 valence electrons. The Balaban J connectivity index is 2.17. The van der Waals surface area contributed by atoms with Crippen LogP contribution in [0.15, 0.2) is 18.2 Å². The molecule has 1 aromatic rings. The maximum absolute atomic E-state index is 13.1. The molecule has 6 nitrogen and oxygen atoms in total. The van der Waals surface area contributed by atoms with Crippen molar-refractivity contribution in [1.29, 1.82) is 0 Å². The third-order valence-corrected chi connectivity index (χ3v) is 5.24. The Morgan fingerprint density at radius 1 is 1.52 bits per heavy atom. The maximum atomic E-state index is 13.1. The molecule has 0 radical (unpaired) electrons. The first-order valence-electron chi connectivity index (χ1n) is 6.22. The second-order valence-corrected chi connectivity index (χ2v) is 7.08. The van der Waals surface area contributed by atoms with E-state index in [-0.39, 0.29) is 11.1 Å². The number of carbonyl (C=O) groups excluding carboxylic acids is 1. The topological polar surface area (TPSA) is 78.5 Å². The summed E-state index contributed by atoms with van der Waals surface area (Å²) in [6, 6.07) is 2.57. The monoisotopic (exact) mass is 335 g/mol. The number of amides is 1. The summed E-state index contributed by atoms with van der Waals surface area (Å²) in [7, 11) is -2.35. The zero-order valence-corrected chi connectivity index (χ0v) is 13.0. The summed E-state index contributed by atoms with van der Waals surface area (Å²) in [5.74, 6) is -1.08. The van der Waals surface area contributed by atoms with E-state index >= 15 is 0 Å². The number of hydrogen-bond acceptors (Lipinski definition) is 3. The summed E-state index contributed by atoms with van der Waals surface area (Å²) < 4.78 is 40.1. The Kier molecular flexibility index (Phi) is 4.52. The predicted molar refractivity (Wildman–Crippen MR) is 77.7 cm³/mol. The van der Waals surface area contributed by atoms with Gasteiger partial charge < -0.3 is 5.32 Å². The number of hydrogen-bond donors (Lipinski definition) is 2. The zero-order valence-electron chi connectivity index (χ0n) is 11.4. The van der Waals surface area contributed by atoms with Crippen LogP contribution in [-0.4, -0.2) is 37.8 Å². The van der Waals surface area contributed by atoms with Crippen molar-refractivity contribution in [2.45, 2.75) is 25.4 Å². The van der Waals surface area contributed by atoms with Gasteiger partial charge in [-0.3, -0.25) is 4.79 Å². The van der Waals surface area contributed by atoms with Gasteiger partial charge in [0.1, 0.15) is 11.9 Å². The van der Waals surface area contributed by atoms with Gasteiger partial charge in [0.15, 0.2) is 0 Å². The average molecular weight is 336 g/mol. The van der Waals surface area contributed by atoms with Crippen LogP contribution < -0.4 is 10.0 Å². The van der Waals surface area contributed by atoms with Crippen molar-refractivity contribution >= 4 is 33.4 Å². The number of nitrogens with zero attached hydrogens (tertiary/aromatic N) is 1. The van der Waals surface area contributed by atoms with E-state index in [9.17, 15) is 17.6 Å². The van der Waals surface area contributed by atoms with Gasteiger partial charge in [-0.15, -0.1) is 0 Å². The predicted octanol–water partition coefficient (Wildman–Crippen LogP) is 1.34. The van der Waals surface area contributed by atoms with E-state index in [1.54, 1.807) is 6.92 Å². The van der Waals surface area contributed by atoms with Crippen LogP contribution in [0.1, 0.15) is 13.3 Å². The van der Waals surface area contributed by atoms with Gasteiger partial charge in [-0.2, -0.15) is 17.4 Å². The van der Waals surface area contributed by atoms with Crippen LogP contribution in [-0.2, 0) is 15.0 Å². The number of carbonyl (C=O) groups is 1. The highest BCUT2D eigenvalue weighted by Gasteiger charge is 2.38. The molecule has 1 aromatic carbocycles. The summed E-state index contributed by atoms with van der Waals surface area (Å²) in [6.07, 6.45) is 0.330. The largest absolute Gasteiger partial charge is 0.325 e. The zero-order chi connectivity index (χ0) is 15.8. The van der Waals surface area contributed by atoms with Crippen molar-refractivity contribution in [2.24, 2.45) is 0 Å². The summed E-state index contributed by atoms with van der Waals surface area (Å²) in [4.78, 5) is 12.2. The molecule has 1 aliphatic rings. The van der Waals surface area contributed by atoms with Crippen molar-refractivity contribution in [2.75, 3.05) is 12.4 Å². The molecule has 2 N–H and O–H groups in total. The summed E-state index contributed by atoms with van der Waals surface area (Å²) in [6.45, 7) is 1.68. The van der Waals surface area contributed by atoms with Gasteiger partial charge in [0.05, 0.1) is 5.02 Å². The molecule has 9 heteroatoms. The van der Waals surface area contributed by atoms with Crippen LogP contribution in [0.4, 0.5) is 10.1 Å². The minimum atomic E-state index is -3.68. The molecule has 2 rings (SSSR count). The van der Waals surface area contributed by atoms with Gasteiger partial charge in [-0.05, 0) is 31.5 Å². The van der Waals surface area contributed by atoms with Gasteiger partial charge >= 0.3 is 0 Å². The van der Waals surface area contributed by atoms with Gasteiger partial charge in [0.2, 0.25) is 5.91 Å². The molecule has 2 atom stereocenters. The number of rotatable bonds is 2. The lowest BCUT2D eigenvalue weighted by atomic mass is 10.1. The maximum Gasteiger partial charge on any atom is 0.280 e. The van der Waals surface area contributed by atoms with Crippen LogP contribution in [0.5, 0.6) is 0 Å². The lowest BCUT2D eigenvalue weighted by Gasteiger charge is -2.34. The molecule has 1 saturated heterocycles. The minimum Gasteiger partial charge on any atom is -0.325 e. The van der Waals surface area contributed by atoms with E-state index in [1.807, 2.05) is 0 Å². The number of benzene rings is 1. The molecule has 1 fully saturated rings. The Bertz CT molecular complexity index is 668. The van der Waals surface area contributed by atoms with Gasteiger partial charge in [0, 0.05) is 18.8 Å². The Morgan fingerprint density at radius 2 is 2.19 bits per heavy atom. The second kappa shape index (κ2) is 5.88. The van der Waals surface area contributed by atoms with E-state index in [0.717, 1.165) is 10.4 Å². The van der Waals surface area contributed by atoms with Gasteiger partial charge in [-0.1, -0.05) is 11.6 Å². The highest BCUT2D eigenvalue weighted by molar-refractivity contribution is 7.87. The van der Waals surface area contributed by atoms with Gasteiger partial charge in [0.25, 0.3) is 10.2 Å². The Morgan fingerprint density at radius 3 is 2.81 bits per heavy atom. The third-order valence-electron chi connectivity index (χ3n) is 3.23. The van der Waals surface area contributed by atoms with E-state index < -0.39 is 28.0 Å². The highest BCUT2D eigenvalue weighted by Crippen LogP contribution is 2.22. The number of anilines is 1. The summed E-state index contributed by atoms with van der Waals surface area (Å²) in [5, 5.41) is 2.43. The molecule has 1 aliphatic heterocycles. The second-order valence-electron chi connectivity index (χ2n) is 4.91. The third kappa shape index (κ3) is 3.52. The van der Waals surface area contributed by atoms with Crippen LogP contribution in [0.25, 0.3) is 0 Å². The SMILES string of the molecule is C[C@@H]1C[C@H](C(=O)Nc2ccc(F)c(Cl)c2)N(C)S(=O)(=O)N1. The first-order valence-corrected chi connectivity index (χ1v) is 8.03. The molecule has 0 aromatic heterocycles. The van der Waals surface area contributed by atoms with Crippen molar-refractivity contribution in [3.05, 3.63) is 29.0 Å². The fraction of sp³-hybridized carbons (Fsp3) is 0.417. The molecule has 21 heavy (non-hydrogen) atoms. The Hall–Kier alpha value is -1.22. The van der Waals surface area contributed by atoms with Crippen LogP contribution in [0, 0.1) is 5.82 Å². The fourth-order valence-electron chi connectivity index (χ4n) is 2.11. The molecule has 0 saturated carbocycles. The van der Waals surface area contributed by atoms with Crippen molar-refractivity contribution in [3.63, 3.8) is 0 Å². The molecular formula is C12H15ClFN3O3S. The number of likely N-dealkylation sites (N-methyl/N-ethyl adjacent to an activating group) is 1. The van der Waals surface area contributed by atoms with E-state index in [2.05, 4.69) is 10.0 Å². The van der Waals surface area contributed by atoms with Crippen molar-refractivity contribution in [3.8, 4) is 0 Å². The molecule has 0 unspecified atom stereocenters. The Labute approximate surface area is 127 Å². The van der Waals surface area contributed by atoms with E-state index in [1.165, 1.54) is 19.2 Å². The molecule has 0 bridgehead atoms. The summed E-state index contributed by atoms with van der Waals surface area (Å²) in [5.41, 5.74) is 0.309. The molecule has 1 amide bonds. The molecular weight excluding hydrogens is 321 g/mol. The van der Waals surface area contributed by atoms with Crippen molar-refractivity contribution < 1.29 is 17.6 Å². The first-order chi connectivity index (χ1) is 9.70. The normalized spacial score (nSPS) is 25.5. The van der Waals surface area contributed by atoms with Crippen molar-refractivity contribution in [1.82, 2.24) is 9.03 Å². The first kappa shape index (κ1) is 16.2. The van der Waals surface area contributed by atoms with E-state index in [4.69, 9.17) is 11.6 Å². The van der Waals surface area contributed by atoms with Crippen LogP contribution >= 0.6 is 11.6 Å². The quantitative estimate of drug-likeness (QED) is 0.856. The highest BCUT2D eigenvalue weighted by atomic mass is 35.5. The number of nitrogens with one attached hydrogen (secondary N) is 2. The van der Waals surface area contributed by atoms with Gasteiger partial charge in [-0.25, -0.2) is 4.39 Å². The smallest absolute Gasteiger partial charge is 0.280 e. The lowest BCUT2D eigenvalue weighted by Crippen LogP contribution is -2.58. The molecule has 0 spiro atoms. The lowest BCUT2D eigenvalue weighted by molar-refractivity contribution is -0.120. The summed E-state index contributed by atoms with van der Waals surface area (Å²) >= 11 is 5.64. The fourth-order valence-corrected chi connectivity index (χ4v) is 3.58. The number of halogens is 2. The van der Waals surface area contributed by atoms with E-state index in [0.29, 0.717) is 12.1 Å². The standard InChI is InChI=1S/C12H15ClFN3O3S/c1-7-5-11(17(2)21(19,20)16-7)12(18)15-8-3-4-10(14)9(13)6-8/h3-4,6-7,11,16H,5H2,1-2H3,(H,15,18)/t7-,11-/m1/s1. The average Bonchev–Trinajstić information content (AvgIpc) is 2.37. The minimum absolute atomic E-state index is 0.118. The van der Waals surface area contributed by atoms with Crippen LogP contribution in [0.2, 0.25) is 5.02 Å². The molecule has 0 aliphatic carbocycles. The van der Waals surface area contributed by atoms with Crippen LogP contribution in [0.3, 0.4) is 0 Å².